The number of carbonyl (C=O) groups excluding carboxylic acids is 4. The summed E-state index contributed by atoms with van der Waals surface area (Å²) in [7, 11) is 0. The first-order valence-corrected chi connectivity index (χ1v) is 11.9. The van der Waals surface area contributed by atoms with Crippen molar-refractivity contribution in [1.82, 2.24) is 4.90 Å². The Kier molecular flexibility index (Phi) is 5.94. The summed E-state index contributed by atoms with van der Waals surface area (Å²) >= 11 is 0. The number of benzene rings is 2. The van der Waals surface area contributed by atoms with Gasteiger partial charge in [-0.05, 0) is 42.9 Å². The molecule has 4 atom stereocenters. The number of fused-ring (bicyclic) bond motifs is 1. The first kappa shape index (κ1) is 22.3. The smallest absolute Gasteiger partial charge is 0.316 e. The third-order valence-electron chi connectivity index (χ3n) is 7.25. The van der Waals surface area contributed by atoms with Crippen molar-refractivity contribution in [2.75, 3.05) is 11.4 Å². The van der Waals surface area contributed by atoms with Gasteiger partial charge in [-0.25, -0.2) is 4.90 Å². The number of carbonyl (C=O) groups is 4. The molecule has 0 aromatic heterocycles. The lowest BCUT2D eigenvalue weighted by Crippen LogP contribution is -2.31. The number of rotatable bonds is 5. The van der Waals surface area contributed by atoms with Crippen molar-refractivity contribution in [1.29, 1.82) is 0 Å². The average Bonchev–Trinajstić information content (AvgIpc) is 3.31. The number of esters is 1. The molecule has 7 heteroatoms. The molecule has 3 aliphatic rings. The highest BCUT2D eigenvalue weighted by atomic mass is 16.5. The molecule has 5 rings (SSSR count). The van der Waals surface area contributed by atoms with Gasteiger partial charge in [0.15, 0.2) is 0 Å². The van der Waals surface area contributed by atoms with Crippen LogP contribution < -0.4 is 9.64 Å². The van der Waals surface area contributed by atoms with E-state index in [4.69, 9.17) is 4.74 Å². The summed E-state index contributed by atoms with van der Waals surface area (Å²) in [5.41, 5.74) is 1.43. The number of imide groups is 1. The SMILES string of the molecule is C[C@@H]1CC[C@@H]2C(=O)N(c3cccc(OC(=O)[C@@H]4CC(=O)N(Cc5ccccc5)C4)c3)C(=O)[C@H]2C1. The Bertz CT molecular complexity index is 1130. The van der Waals surface area contributed by atoms with Crippen molar-refractivity contribution < 1.29 is 23.9 Å². The van der Waals surface area contributed by atoms with Crippen LogP contribution in [0.3, 0.4) is 0 Å². The highest BCUT2D eigenvalue weighted by molar-refractivity contribution is 6.22. The molecule has 2 saturated heterocycles. The molecular formula is C27H28N2O5. The number of anilines is 1. The molecule has 0 unspecified atom stereocenters. The third kappa shape index (κ3) is 4.22. The molecule has 3 amide bonds. The molecule has 7 nitrogen and oxygen atoms in total. The van der Waals surface area contributed by atoms with E-state index in [9.17, 15) is 19.2 Å². The van der Waals surface area contributed by atoms with E-state index in [2.05, 4.69) is 6.92 Å². The summed E-state index contributed by atoms with van der Waals surface area (Å²) in [5, 5.41) is 0. The van der Waals surface area contributed by atoms with Gasteiger partial charge in [0.2, 0.25) is 17.7 Å². The van der Waals surface area contributed by atoms with Gasteiger partial charge in [-0.1, -0.05) is 43.3 Å². The highest BCUT2D eigenvalue weighted by Crippen LogP contribution is 2.42. The van der Waals surface area contributed by atoms with E-state index in [1.807, 2.05) is 30.3 Å². The van der Waals surface area contributed by atoms with Crippen molar-refractivity contribution >= 4 is 29.4 Å². The highest BCUT2D eigenvalue weighted by Gasteiger charge is 2.50. The molecular weight excluding hydrogens is 432 g/mol. The third-order valence-corrected chi connectivity index (χ3v) is 7.25. The Hall–Kier alpha value is -3.48. The van der Waals surface area contributed by atoms with Crippen LogP contribution in [0, 0.1) is 23.7 Å². The Labute approximate surface area is 198 Å². The van der Waals surface area contributed by atoms with E-state index in [1.165, 1.54) is 4.90 Å². The van der Waals surface area contributed by atoms with Crippen molar-refractivity contribution in [3.8, 4) is 5.75 Å². The minimum Gasteiger partial charge on any atom is -0.426 e. The van der Waals surface area contributed by atoms with Crippen LogP contribution in [0.1, 0.15) is 38.2 Å². The molecule has 2 heterocycles. The normalized spacial score (nSPS) is 26.7. The predicted molar refractivity (Wildman–Crippen MR) is 125 cm³/mol. The van der Waals surface area contributed by atoms with Gasteiger partial charge in [0.05, 0.1) is 23.4 Å². The maximum atomic E-state index is 13.0. The minimum atomic E-state index is -0.556. The van der Waals surface area contributed by atoms with Crippen LogP contribution in [0.2, 0.25) is 0 Å². The van der Waals surface area contributed by atoms with E-state index in [0.29, 0.717) is 24.7 Å². The molecule has 0 bridgehead atoms. The Morgan fingerprint density at radius 2 is 1.74 bits per heavy atom. The van der Waals surface area contributed by atoms with Crippen molar-refractivity contribution in [3.63, 3.8) is 0 Å². The van der Waals surface area contributed by atoms with E-state index >= 15 is 0 Å². The van der Waals surface area contributed by atoms with Crippen LogP contribution in [0.25, 0.3) is 0 Å². The lowest BCUT2D eigenvalue weighted by molar-refractivity contribution is -0.139. The van der Waals surface area contributed by atoms with Crippen molar-refractivity contribution in [3.05, 3.63) is 60.2 Å². The molecule has 1 aliphatic carbocycles. The van der Waals surface area contributed by atoms with Gasteiger partial charge in [-0.3, -0.25) is 19.2 Å². The van der Waals surface area contributed by atoms with E-state index in [0.717, 1.165) is 24.8 Å². The van der Waals surface area contributed by atoms with Gasteiger partial charge in [-0.15, -0.1) is 0 Å². The van der Waals surface area contributed by atoms with Crippen LogP contribution in [-0.4, -0.2) is 35.1 Å². The summed E-state index contributed by atoms with van der Waals surface area (Å²) < 4.78 is 5.58. The Morgan fingerprint density at radius 1 is 0.971 bits per heavy atom. The van der Waals surface area contributed by atoms with Crippen molar-refractivity contribution in [2.45, 2.75) is 39.2 Å². The first-order valence-electron chi connectivity index (χ1n) is 11.9. The fourth-order valence-corrected chi connectivity index (χ4v) is 5.42. The molecule has 2 aromatic carbocycles. The predicted octanol–water partition coefficient (Wildman–Crippen LogP) is 3.57. The summed E-state index contributed by atoms with van der Waals surface area (Å²) in [6.07, 6.45) is 2.52. The van der Waals surface area contributed by atoms with Crippen LogP contribution in [0.5, 0.6) is 5.75 Å². The van der Waals surface area contributed by atoms with Gasteiger partial charge in [-0.2, -0.15) is 0 Å². The second-order valence-corrected chi connectivity index (χ2v) is 9.72. The monoisotopic (exact) mass is 460 g/mol. The fourth-order valence-electron chi connectivity index (χ4n) is 5.42. The van der Waals surface area contributed by atoms with Gasteiger partial charge in [0, 0.05) is 25.6 Å². The first-order chi connectivity index (χ1) is 16.4. The number of likely N-dealkylation sites (tertiary alicyclic amines) is 1. The molecule has 3 fully saturated rings. The average molecular weight is 461 g/mol. The minimum absolute atomic E-state index is 0.0790. The van der Waals surface area contributed by atoms with Crippen LogP contribution in [-0.2, 0) is 25.7 Å². The van der Waals surface area contributed by atoms with Crippen LogP contribution >= 0.6 is 0 Å². The maximum absolute atomic E-state index is 13.0. The van der Waals surface area contributed by atoms with Gasteiger partial charge in [0.1, 0.15) is 5.75 Å². The Morgan fingerprint density at radius 3 is 2.53 bits per heavy atom. The molecule has 2 aromatic rings. The standard InChI is InChI=1S/C27H28N2O5/c1-17-10-11-22-23(12-17)26(32)29(25(22)31)20-8-5-9-21(14-20)34-27(33)19-13-24(30)28(16-19)15-18-6-3-2-4-7-18/h2-9,14,17,19,22-23H,10-13,15-16H2,1H3/t17-,19-,22+,23+/m1/s1. The molecule has 1 saturated carbocycles. The molecule has 34 heavy (non-hydrogen) atoms. The lowest BCUT2D eigenvalue weighted by Gasteiger charge is -2.25. The molecule has 176 valence electrons. The van der Waals surface area contributed by atoms with Gasteiger partial charge < -0.3 is 9.64 Å². The summed E-state index contributed by atoms with van der Waals surface area (Å²) in [4.78, 5) is 54.2. The molecule has 2 aliphatic heterocycles. The number of ether oxygens (including phenoxy) is 1. The molecule has 0 N–H and O–H groups in total. The zero-order chi connectivity index (χ0) is 23.8. The number of amides is 3. The van der Waals surface area contributed by atoms with Gasteiger partial charge in [0.25, 0.3) is 0 Å². The number of nitrogens with zero attached hydrogens (tertiary/aromatic N) is 2. The lowest BCUT2D eigenvalue weighted by atomic mass is 9.76. The van der Waals surface area contributed by atoms with Gasteiger partial charge >= 0.3 is 5.97 Å². The second kappa shape index (κ2) is 9.05. The van der Waals surface area contributed by atoms with Crippen LogP contribution in [0.15, 0.2) is 54.6 Å². The van der Waals surface area contributed by atoms with Crippen molar-refractivity contribution in [2.24, 2.45) is 23.7 Å². The quantitative estimate of drug-likeness (QED) is 0.387. The number of hydrogen-bond acceptors (Lipinski definition) is 5. The summed E-state index contributed by atoms with van der Waals surface area (Å²) in [5.74, 6) is -1.27. The molecule has 0 radical (unpaired) electrons. The zero-order valence-electron chi connectivity index (χ0n) is 19.2. The second-order valence-electron chi connectivity index (χ2n) is 9.72. The topological polar surface area (TPSA) is 84.0 Å². The fraction of sp³-hybridized carbons (Fsp3) is 0.407. The maximum Gasteiger partial charge on any atom is 0.316 e. The Balaban J connectivity index is 1.25. The molecule has 0 spiro atoms. The zero-order valence-corrected chi connectivity index (χ0v) is 19.2. The van der Waals surface area contributed by atoms with E-state index < -0.39 is 11.9 Å². The van der Waals surface area contributed by atoms with Crippen LogP contribution in [0.4, 0.5) is 5.69 Å². The van der Waals surface area contributed by atoms with E-state index in [1.54, 1.807) is 29.2 Å². The van der Waals surface area contributed by atoms with E-state index in [-0.39, 0.29) is 41.7 Å². The summed E-state index contributed by atoms with van der Waals surface area (Å²) in [6.45, 7) is 2.88. The largest absolute Gasteiger partial charge is 0.426 e. The number of hydrogen-bond donors (Lipinski definition) is 0. The summed E-state index contributed by atoms with van der Waals surface area (Å²) in [6, 6.07) is 16.2.